The van der Waals surface area contributed by atoms with Gasteiger partial charge in [-0.15, -0.1) is 0 Å². The Labute approximate surface area is 169 Å². The van der Waals surface area contributed by atoms with Crippen molar-refractivity contribution in [2.24, 2.45) is 5.92 Å². The zero-order valence-corrected chi connectivity index (χ0v) is 17.8. The second kappa shape index (κ2) is 8.86. The predicted molar refractivity (Wildman–Crippen MR) is 117 cm³/mol. The highest BCUT2D eigenvalue weighted by Crippen LogP contribution is 2.29. The van der Waals surface area contributed by atoms with Crippen LogP contribution in [0.15, 0.2) is 29.1 Å². The minimum atomic E-state index is 0.176. The SMILES string of the molecule is CC(C)n1c(=O)n(C2CCN(CC3CCCCCCC3)CC2)c2ccccc21. The number of fused-ring (bicyclic) bond motifs is 1. The molecule has 2 aliphatic rings. The van der Waals surface area contributed by atoms with E-state index in [1.807, 2.05) is 10.6 Å². The van der Waals surface area contributed by atoms with Gasteiger partial charge in [-0.3, -0.25) is 9.13 Å². The summed E-state index contributed by atoms with van der Waals surface area (Å²) < 4.78 is 4.07. The van der Waals surface area contributed by atoms with Gasteiger partial charge in [0.15, 0.2) is 0 Å². The maximum Gasteiger partial charge on any atom is 0.329 e. The van der Waals surface area contributed by atoms with Gasteiger partial charge in [-0.25, -0.2) is 4.79 Å². The Morgan fingerprint density at radius 1 is 0.893 bits per heavy atom. The van der Waals surface area contributed by atoms with Gasteiger partial charge in [-0.1, -0.05) is 44.2 Å². The third-order valence-electron chi connectivity index (χ3n) is 6.99. The molecule has 1 aliphatic carbocycles. The van der Waals surface area contributed by atoms with Crippen molar-refractivity contribution in [1.82, 2.24) is 14.0 Å². The van der Waals surface area contributed by atoms with Crippen molar-refractivity contribution in [2.75, 3.05) is 19.6 Å². The summed E-state index contributed by atoms with van der Waals surface area (Å²) in [6.07, 6.45) is 12.2. The quantitative estimate of drug-likeness (QED) is 0.709. The summed E-state index contributed by atoms with van der Waals surface area (Å²) in [6, 6.07) is 8.85. The first-order valence-corrected chi connectivity index (χ1v) is 11.6. The predicted octanol–water partition coefficient (Wildman–Crippen LogP) is 5.38. The number of nitrogens with zero attached hydrogens (tertiary/aromatic N) is 3. The van der Waals surface area contributed by atoms with E-state index >= 15 is 0 Å². The van der Waals surface area contributed by atoms with Crippen molar-refractivity contribution in [2.45, 2.75) is 83.7 Å². The molecule has 4 nitrogen and oxygen atoms in total. The number of aromatic nitrogens is 2. The molecular weight excluding hydrogens is 346 g/mol. The van der Waals surface area contributed by atoms with Gasteiger partial charge in [0, 0.05) is 31.7 Å². The number of para-hydroxylation sites is 2. The van der Waals surface area contributed by atoms with Gasteiger partial charge in [-0.05, 0) is 57.6 Å². The average Bonchev–Trinajstić information content (AvgIpc) is 2.96. The van der Waals surface area contributed by atoms with Gasteiger partial charge in [0.25, 0.3) is 0 Å². The van der Waals surface area contributed by atoms with E-state index in [4.69, 9.17) is 0 Å². The fourth-order valence-corrected chi connectivity index (χ4v) is 5.49. The van der Waals surface area contributed by atoms with E-state index in [1.54, 1.807) is 0 Å². The van der Waals surface area contributed by atoms with Crippen LogP contribution >= 0.6 is 0 Å². The fraction of sp³-hybridized carbons (Fsp3) is 0.708. The van der Waals surface area contributed by atoms with E-state index in [9.17, 15) is 4.79 Å². The van der Waals surface area contributed by atoms with Crippen LogP contribution in [0, 0.1) is 5.92 Å². The van der Waals surface area contributed by atoms with Crippen LogP contribution in [0.5, 0.6) is 0 Å². The largest absolute Gasteiger partial charge is 0.329 e. The molecule has 0 amide bonds. The minimum absolute atomic E-state index is 0.176. The van der Waals surface area contributed by atoms with E-state index in [2.05, 4.69) is 41.5 Å². The van der Waals surface area contributed by atoms with Crippen LogP contribution < -0.4 is 5.69 Å². The zero-order valence-electron chi connectivity index (χ0n) is 17.8. The fourth-order valence-electron chi connectivity index (χ4n) is 5.49. The van der Waals surface area contributed by atoms with Crippen molar-refractivity contribution < 1.29 is 0 Å². The van der Waals surface area contributed by atoms with Crippen LogP contribution in [0.3, 0.4) is 0 Å². The van der Waals surface area contributed by atoms with E-state index in [-0.39, 0.29) is 11.7 Å². The molecule has 28 heavy (non-hydrogen) atoms. The molecule has 2 heterocycles. The maximum absolute atomic E-state index is 13.2. The molecule has 2 fully saturated rings. The van der Waals surface area contributed by atoms with Gasteiger partial charge >= 0.3 is 5.69 Å². The number of benzene rings is 1. The molecule has 4 heteroatoms. The summed E-state index contributed by atoms with van der Waals surface area (Å²) in [5, 5.41) is 0. The first kappa shape index (κ1) is 19.8. The number of hydrogen-bond acceptors (Lipinski definition) is 2. The molecular formula is C24H37N3O. The van der Waals surface area contributed by atoms with E-state index in [1.165, 1.54) is 51.5 Å². The Hall–Kier alpha value is -1.55. The van der Waals surface area contributed by atoms with E-state index in [0.717, 1.165) is 42.9 Å². The van der Waals surface area contributed by atoms with Crippen molar-refractivity contribution in [3.63, 3.8) is 0 Å². The van der Waals surface area contributed by atoms with Crippen molar-refractivity contribution in [1.29, 1.82) is 0 Å². The lowest BCUT2D eigenvalue weighted by Crippen LogP contribution is -2.40. The molecule has 1 aliphatic heterocycles. The molecule has 1 aromatic carbocycles. The van der Waals surface area contributed by atoms with Crippen molar-refractivity contribution >= 4 is 11.0 Å². The molecule has 0 atom stereocenters. The van der Waals surface area contributed by atoms with E-state index in [0.29, 0.717) is 6.04 Å². The smallest absolute Gasteiger partial charge is 0.303 e. The average molecular weight is 384 g/mol. The van der Waals surface area contributed by atoms with Crippen molar-refractivity contribution in [3.8, 4) is 0 Å². The highest BCUT2D eigenvalue weighted by atomic mass is 16.1. The molecule has 1 saturated carbocycles. The topological polar surface area (TPSA) is 30.2 Å². The summed E-state index contributed by atoms with van der Waals surface area (Å²) in [5.41, 5.74) is 2.37. The lowest BCUT2D eigenvalue weighted by atomic mass is 9.90. The molecule has 154 valence electrons. The summed E-state index contributed by atoms with van der Waals surface area (Å²) in [4.78, 5) is 15.9. The lowest BCUT2D eigenvalue weighted by Gasteiger charge is -2.35. The highest BCUT2D eigenvalue weighted by Gasteiger charge is 2.26. The lowest BCUT2D eigenvalue weighted by molar-refractivity contribution is 0.151. The Kier molecular flexibility index (Phi) is 6.25. The van der Waals surface area contributed by atoms with Crippen molar-refractivity contribution in [3.05, 3.63) is 34.7 Å². The number of hydrogen-bond donors (Lipinski definition) is 0. The van der Waals surface area contributed by atoms with Gasteiger partial charge in [0.05, 0.1) is 11.0 Å². The second-order valence-electron chi connectivity index (χ2n) is 9.35. The summed E-state index contributed by atoms with van der Waals surface area (Å²) in [6.45, 7) is 7.75. The Morgan fingerprint density at radius 2 is 1.50 bits per heavy atom. The Bertz CT molecular complexity index is 818. The Morgan fingerprint density at radius 3 is 2.14 bits per heavy atom. The number of likely N-dealkylation sites (tertiary alicyclic amines) is 1. The van der Waals surface area contributed by atoms with Crippen LogP contribution in [0.2, 0.25) is 0 Å². The molecule has 4 rings (SSSR count). The number of rotatable bonds is 4. The number of piperidine rings is 1. The molecule has 0 N–H and O–H groups in total. The third kappa shape index (κ3) is 4.07. The standard InChI is InChI=1S/C24H37N3O/c1-19(2)26-22-12-8-9-13-23(22)27(24(26)28)21-14-16-25(17-15-21)18-20-10-6-4-3-5-7-11-20/h8-9,12-13,19-21H,3-7,10-11,14-18H2,1-2H3. The molecule has 1 aromatic heterocycles. The van der Waals surface area contributed by atoms with Crippen LogP contribution in [-0.2, 0) is 0 Å². The Balaban J connectivity index is 1.45. The maximum atomic E-state index is 13.2. The first-order valence-electron chi connectivity index (χ1n) is 11.6. The first-order chi connectivity index (χ1) is 13.6. The van der Waals surface area contributed by atoms with Crippen LogP contribution in [0.1, 0.15) is 83.7 Å². The highest BCUT2D eigenvalue weighted by molar-refractivity contribution is 5.76. The van der Waals surface area contributed by atoms with Crippen LogP contribution in [0.4, 0.5) is 0 Å². The summed E-state index contributed by atoms with van der Waals surface area (Å²) in [7, 11) is 0. The second-order valence-corrected chi connectivity index (χ2v) is 9.35. The molecule has 0 bridgehead atoms. The molecule has 0 radical (unpaired) electrons. The monoisotopic (exact) mass is 383 g/mol. The molecule has 0 unspecified atom stereocenters. The summed E-state index contributed by atoms with van der Waals surface area (Å²) in [5.74, 6) is 0.891. The molecule has 1 saturated heterocycles. The third-order valence-corrected chi connectivity index (χ3v) is 6.99. The number of imidazole rings is 1. The van der Waals surface area contributed by atoms with Gasteiger partial charge in [-0.2, -0.15) is 0 Å². The van der Waals surface area contributed by atoms with Gasteiger partial charge < -0.3 is 4.90 Å². The van der Waals surface area contributed by atoms with Gasteiger partial charge in [0.1, 0.15) is 0 Å². The van der Waals surface area contributed by atoms with Crippen LogP contribution in [0.25, 0.3) is 11.0 Å². The van der Waals surface area contributed by atoms with Crippen LogP contribution in [-0.4, -0.2) is 33.7 Å². The van der Waals surface area contributed by atoms with E-state index < -0.39 is 0 Å². The molecule has 0 spiro atoms. The minimum Gasteiger partial charge on any atom is -0.303 e. The van der Waals surface area contributed by atoms with Gasteiger partial charge in [0.2, 0.25) is 0 Å². The molecule has 2 aromatic rings. The zero-order chi connectivity index (χ0) is 19.5. The normalized spacial score (nSPS) is 21.2. The summed E-state index contributed by atoms with van der Waals surface area (Å²) >= 11 is 0.